The van der Waals surface area contributed by atoms with Crippen LogP contribution in [0.25, 0.3) is 28.6 Å². The Hall–Kier alpha value is -2.95. The lowest BCUT2D eigenvalue weighted by atomic mass is 10.0. The third-order valence-corrected chi connectivity index (χ3v) is 5.84. The third-order valence-electron chi connectivity index (χ3n) is 5.84. The van der Waals surface area contributed by atoms with Crippen LogP contribution in [0.2, 0.25) is 0 Å². The zero-order valence-corrected chi connectivity index (χ0v) is 18.6. The first-order chi connectivity index (χ1) is 15.2. The highest BCUT2D eigenvalue weighted by Gasteiger charge is 2.13. The van der Waals surface area contributed by atoms with Crippen molar-refractivity contribution >= 4 is 17.3 Å². The lowest BCUT2D eigenvalue weighted by molar-refractivity contribution is 0.291. The van der Waals surface area contributed by atoms with E-state index < -0.39 is 0 Å². The average Bonchev–Trinajstić information content (AvgIpc) is 3.19. The quantitative estimate of drug-likeness (QED) is 0.641. The monoisotopic (exact) mass is 412 g/mol. The molecule has 4 heteroatoms. The number of imidazole rings is 1. The van der Waals surface area contributed by atoms with Gasteiger partial charge in [-0.3, -0.25) is 4.40 Å². The van der Waals surface area contributed by atoms with E-state index in [4.69, 9.17) is 4.98 Å². The van der Waals surface area contributed by atoms with E-state index in [9.17, 15) is 0 Å². The van der Waals surface area contributed by atoms with Crippen molar-refractivity contribution < 1.29 is 0 Å². The SMILES string of the molecule is C=Cc1c(-c2ccc(C)cc2)nc2ccc(C3=CCCC=C3)cn12.CN1CCNCC1. The minimum Gasteiger partial charge on any atom is -0.314 e. The molecular formula is C27H32N4. The topological polar surface area (TPSA) is 32.6 Å². The number of likely N-dealkylation sites (N-methyl/N-ethyl adjacent to an activating group) is 1. The van der Waals surface area contributed by atoms with Crippen LogP contribution in [0, 0.1) is 6.92 Å². The Morgan fingerprint density at radius 1 is 1.00 bits per heavy atom. The summed E-state index contributed by atoms with van der Waals surface area (Å²) in [7, 11) is 2.15. The predicted octanol–water partition coefficient (Wildman–Crippen LogP) is 5.21. The van der Waals surface area contributed by atoms with Crippen molar-refractivity contribution in [2.24, 2.45) is 0 Å². The number of rotatable bonds is 3. The van der Waals surface area contributed by atoms with E-state index in [2.05, 4.69) is 96.0 Å². The molecule has 2 aliphatic rings. The van der Waals surface area contributed by atoms with E-state index in [0.29, 0.717) is 0 Å². The Kier molecular flexibility index (Phi) is 6.80. The predicted molar refractivity (Wildman–Crippen MR) is 132 cm³/mol. The molecule has 1 fully saturated rings. The van der Waals surface area contributed by atoms with Gasteiger partial charge in [-0.2, -0.15) is 0 Å². The lowest BCUT2D eigenvalue weighted by Crippen LogP contribution is -2.40. The highest BCUT2D eigenvalue weighted by atomic mass is 15.2. The van der Waals surface area contributed by atoms with Crippen LogP contribution >= 0.6 is 0 Å². The normalized spacial score (nSPS) is 16.5. The molecule has 0 saturated carbocycles. The van der Waals surface area contributed by atoms with Crippen molar-refractivity contribution in [3.8, 4) is 11.3 Å². The number of pyridine rings is 1. The first-order valence-electron chi connectivity index (χ1n) is 11.1. The van der Waals surface area contributed by atoms with Gasteiger partial charge in [0.2, 0.25) is 0 Å². The molecule has 0 unspecified atom stereocenters. The van der Waals surface area contributed by atoms with Crippen LogP contribution in [0.15, 0.2) is 67.4 Å². The largest absolute Gasteiger partial charge is 0.314 e. The number of aromatic nitrogens is 2. The Labute approximate surface area is 185 Å². The minimum atomic E-state index is 0.949. The Bertz CT molecular complexity index is 1100. The summed E-state index contributed by atoms with van der Waals surface area (Å²) in [5, 5.41) is 3.27. The van der Waals surface area contributed by atoms with E-state index in [-0.39, 0.29) is 0 Å². The number of piperazine rings is 1. The molecule has 2 aromatic heterocycles. The molecule has 0 radical (unpaired) electrons. The molecule has 1 aliphatic heterocycles. The molecule has 4 nitrogen and oxygen atoms in total. The van der Waals surface area contributed by atoms with E-state index in [1.54, 1.807) is 0 Å². The van der Waals surface area contributed by atoms with Gasteiger partial charge in [0.05, 0.1) is 11.4 Å². The summed E-state index contributed by atoms with van der Waals surface area (Å²) in [4.78, 5) is 7.15. The number of aryl methyl sites for hydroxylation is 1. The maximum atomic E-state index is 4.82. The van der Waals surface area contributed by atoms with Crippen molar-refractivity contribution in [1.82, 2.24) is 19.6 Å². The van der Waals surface area contributed by atoms with Gasteiger partial charge >= 0.3 is 0 Å². The van der Waals surface area contributed by atoms with Crippen LogP contribution in [0.5, 0.6) is 0 Å². The van der Waals surface area contributed by atoms with E-state index in [1.807, 2.05) is 6.08 Å². The van der Waals surface area contributed by atoms with Crippen LogP contribution in [0.3, 0.4) is 0 Å². The van der Waals surface area contributed by atoms with Crippen LogP contribution in [0.1, 0.15) is 29.7 Å². The van der Waals surface area contributed by atoms with E-state index in [1.165, 1.54) is 29.8 Å². The Balaban J connectivity index is 0.000000282. The van der Waals surface area contributed by atoms with Gasteiger partial charge in [0, 0.05) is 37.9 Å². The van der Waals surface area contributed by atoms with Crippen molar-refractivity contribution in [3.63, 3.8) is 0 Å². The molecule has 1 aromatic carbocycles. The third kappa shape index (κ3) is 5.04. The lowest BCUT2D eigenvalue weighted by Gasteiger charge is -2.21. The van der Waals surface area contributed by atoms with Gasteiger partial charge in [-0.25, -0.2) is 4.98 Å². The smallest absolute Gasteiger partial charge is 0.137 e. The molecule has 31 heavy (non-hydrogen) atoms. The highest BCUT2D eigenvalue weighted by molar-refractivity contribution is 5.78. The second-order valence-electron chi connectivity index (χ2n) is 8.25. The molecule has 1 aliphatic carbocycles. The summed E-state index contributed by atoms with van der Waals surface area (Å²) in [6.07, 6.45) is 13.0. The molecule has 0 atom stereocenters. The fourth-order valence-corrected chi connectivity index (χ4v) is 3.96. The number of allylic oxidation sites excluding steroid dienone is 4. The maximum absolute atomic E-state index is 4.82. The molecule has 160 valence electrons. The van der Waals surface area contributed by atoms with Gasteiger partial charge in [0.25, 0.3) is 0 Å². The standard InChI is InChI=1S/C22H20N2.C5H12N2/c1-3-20-22(18-11-9-16(2)10-12-18)23-21-14-13-19(15-24(20)21)17-7-5-4-6-8-17;1-7-4-2-6-3-5-7/h3,5,7-15H,1,4,6H2,2H3;6H,2-5H2,1H3. The molecule has 0 spiro atoms. The minimum absolute atomic E-state index is 0.949. The molecule has 5 rings (SSSR count). The average molecular weight is 413 g/mol. The van der Waals surface area contributed by atoms with Gasteiger partial charge in [0.15, 0.2) is 0 Å². The molecular weight excluding hydrogens is 380 g/mol. The summed E-state index contributed by atoms with van der Waals surface area (Å²) in [6.45, 7) is 10.8. The molecule has 3 aromatic rings. The fourth-order valence-electron chi connectivity index (χ4n) is 3.96. The molecule has 0 bridgehead atoms. The van der Waals surface area contributed by atoms with Gasteiger partial charge in [-0.05, 0) is 56.2 Å². The van der Waals surface area contributed by atoms with Crippen molar-refractivity contribution in [1.29, 1.82) is 0 Å². The van der Waals surface area contributed by atoms with Crippen LogP contribution in [-0.2, 0) is 0 Å². The zero-order chi connectivity index (χ0) is 21.6. The molecule has 0 amide bonds. The maximum Gasteiger partial charge on any atom is 0.137 e. The number of benzene rings is 1. The van der Waals surface area contributed by atoms with Gasteiger partial charge in [0.1, 0.15) is 5.65 Å². The zero-order valence-electron chi connectivity index (χ0n) is 18.6. The van der Waals surface area contributed by atoms with Crippen LogP contribution in [0.4, 0.5) is 0 Å². The van der Waals surface area contributed by atoms with Gasteiger partial charge in [-0.1, -0.05) is 54.6 Å². The van der Waals surface area contributed by atoms with Gasteiger partial charge < -0.3 is 10.2 Å². The summed E-state index contributed by atoms with van der Waals surface area (Å²) in [5.41, 5.74) is 7.84. The molecule has 1 saturated heterocycles. The summed E-state index contributed by atoms with van der Waals surface area (Å²) < 4.78 is 2.14. The Morgan fingerprint density at radius 2 is 1.74 bits per heavy atom. The number of hydrogen-bond acceptors (Lipinski definition) is 3. The number of hydrogen-bond donors (Lipinski definition) is 1. The first kappa shape index (κ1) is 21.3. The second-order valence-corrected chi connectivity index (χ2v) is 8.25. The first-order valence-corrected chi connectivity index (χ1v) is 11.1. The second kappa shape index (κ2) is 9.90. The van der Waals surface area contributed by atoms with Gasteiger partial charge in [-0.15, -0.1) is 0 Å². The number of nitrogens with one attached hydrogen (secondary N) is 1. The number of nitrogens with zero attached hydrogens (tertiary/aromatic N) is 3. The van der Waals surface area contributed by atoms with E-state index in [0.717, 1.165) is 48.5 Å². The van der Waals surface area contributed by atoms with Crippen molar-refractivity contribution in [3.05, 3.63) is 84.2 Å². The fraction of sp³-hybridized carbons (Fsp3) is 0.296. The number of fused-ring (bicyclic) bond motifs is 1. The van der Waals surface area contributed by atoms with Crippen LogP contribution in [-0.4, -0.2) is 47.5 Å². The summed E-state index contributed by atoms with van der Waals surface area (Å²) >= 11 is 0. The summed E-state index contributed by atoms with van der Waals surface area (Å²) in [5.74, 6) is 0. The molecule has 1 N–H and O–H groups in total. The van der Waals surface area contributed by atoms with Crippen molar-refractivity contribution in [2.75, 3.05) is 33.2 Å². The van der Waals surface area contributed by atoms with E-state index >= 15 is 0 Å². The Morgan fingerprint density at radius 3 is 2.35 bits per heavy atom. The summed E-state index contributed by atoms with van der Waals surface area (Å²) in [6, 6.07) is 12.7. The highest BCUT2D eigenvalue weighted by Crippen LogP contribution is 2.28. The molecule has 3 heterocycles. The van der Waals surface area contributed by atoms with Crippen molar-refractivity contribution in [2.45, 2.75) is 19.8 Å². The van der Waals surface area contributed by atoms with Crippen LogP contribution < -0.4 is 5.32 Å².